The predicted molar refractivity (Wildman–Crippen MR) is 67.1 cm³/mol. The molecule has 0 saturated heterocycles. The van der Waals surface area contributed by atoms with E-state index in [4.69, 9.17) is 5.11 Å². The lowest BCUT2D eigenvalue weighted by Crippen LogP contribution is -2.23. The van der Waals surface area contributed by atoms with Crippen molar-refractivity contribution in [2.45, 2.75) is 39.2 Å². The van der Waals surface area contributed by atoms with Crippen LogP contribution in [0.15, 0.2) is 6.20 Å². The van der Waals surface area contributed by atoms with Gasteiger partial charge >= 0.3 is 11.7 Å². The summed E-state index contributed by atoms with van der Waals surface area (Å²) < 4.78 is 1.47. The molecule has 1 saturated carbocycles. The second kappa shape index (κ2) is 4.99. The van der Waals surface area contributed by atoms with Gasteiger partial charge in [0.15, 0.2) is 0 Å². The second-order valence-corrected chi connectivity index (χ2v) is 5.48. The first kappa shape index (κ1) is 13.5. The first-order chi connectivity index (χ1) is 8.88. The number of nitrogens with zero attached hydrogens (tertiary/aromatic N) is 3. The molecule has 1 aliphatic rings. The SMILES string of the molecule is CC1CC(C)CC(n2cc([N+](=O)[O-])c(C(=O)O)n2)C1. The number of carboxylic acid groups (broad SMARTS) is 1. The third-order valence-corrected chi connectivity index (χ3v) is 3.64. The van der Waals surface area contributed by atoms with Gasteiger partial charge in [0.2, 0.25) is 5.69 Å². The van der Waals surface area contributed by atoms with Gasteiger partial charge in [0.25, 0.3) is 0 Å². The monoisotopic (exact) mass is 267 g/mol. The van der Waals surface area contributed by atoms with E-state index >= 15 is 0 Å². The topological polar surface area (TPSA) is 98.3 Å². The van der Waals surface area contributed by atoms with Gasteiger partial charge in [-0.15, -0.1) is 0 Å². The Morgan fingerprint density at radius 3 is 2.42 bits per heavy atom. The number of hydrogen-bond donors (Lipinski definition) is 1. The van der Waals surface area contributed by atoms with E-state index in [0.717, 1.165) is 19.3 Å². The summed E-state index contributed by atoms with van der Waals surface area (Å²) in [6.45, 7) is 4.28. The number of carboxylic acids is 1. The van der Waals surface area contributed by atoms with Gasteiger partial charge in [-0.2, -0.15) is 5.10 Å². The molecule has 1 aliphatic carbocycles. The largest absolute Gasteiger partial charge is 0.476 e. The number of rotatable bonds is 3. The highest BCUT2D eigenvalue weighted by Gasteiger charge is 2.31. The minimum atomic E-state index is -1.36. The summed E-state index contributed by atoms with van der Waals surface area (Å²) in [7, 11) is 0. The maximum absolute atomic E-state index is 11.0. The van der Waals surface area contributed by atoms with Crippen LogP contribution in [-0.2, 0) is 0 Å². The Bertz CT molecular complexity index is 470. The number of carbonyl (C=O) groups is 1. The normalized spacial score (nSPS) is 27.2. The number of nitro groups is 1. The van der Waals surface area contributed by atoms with E-state index in [1.54, 1.807) is 0 Å². The minimum Gasteiger partial charge on any atom is -0.476 e. The van der Waals surface area contributed by atoms with E-state index < -0.39 is 22.3 Å². The van der Waals surface area contributed by atoms with E-state index in [9.17, 15) is 14.9 Å². The molecule has 19 heavy (non-hydrogen) atoms. The highest BCUT2D eigenvalue weighted by Crippen LogP contribution is 2.36. The minimum absolute atomic E-state index is 0.0468. The lowest BCUT2D eigenvalue weighted by atomic mass is 9.80. The predicted octanol–water partition coefficient (Wildman–Crippen LogP) is 2.49. The van der Waals surface area contributed by atoms with Gasteiger partial charge < -0.3 is 5.11 Å². The fourth-order valence-electron chi connectivity index (χ4n) is 2.98. The van der Waals surface area contributed by atoms with Crippen LogP contribution in [0.3, 0.4) is 0 Å². The fraction of sp³-hybridized carbons (Fsp3) is 0.667. The summed E-state index contributed by atoms with van der Waals surface area (Å²) in [5, 5.41) is 23.7. The van der Waals surface area contributed by atoms with Crippen LogP contribution >= 0.6 is 0 Å². The number of aromatic nitrogens is 2. The van der Waals surface area contributed by atoms with Crippen molar-refractivity contribution in [1.82, 2.24) is 9.78 Å². The molecule has 7 heteroatoms. The summed E-state index contributed by atoms with van der Waals surface area (Å²) in [5.41, 5.74) is -0.908. The molecular weight excluding hydrogens is 250 g/mol. The summed E-state index contributed by atoms with van der Waals surface area (Å²) >= 11 is 0. The molecule has 1 fully saturated rings. The standard InChI is InChI=1S/C12H17N3O4/c1-7-3-8(2)5-9(4-7)14-6-10(15(18)19)11(13-14)12(16)17/h6-9H,3-5H2,1-2H3,(H,16,17). The first-order valence-electron chi connectivity index (χ1n) is 6.35. The Morgan fingerprint density at radius 1 is 1.42 bits per heavy atom. The molecule has 0 aromatic carbocycles. The van der Waals surface area contributed by atoms with E-state index in [1.165, 1.54) is 10.9 Å². The summed E-state index contributed by atoms with van der Waals surface area (Å²) in [6.07, 6.45) is 4.13. The van der Waals surface area contributed by atoms with Gasteiger partial charge in [0.1, 0.15) is 6.20 Å². The van der Waals surface area contributed by atoms with Crippen molar-refractivity contribution in [2.24, 2.45) is 11.8 Å². The molecule has 0 spiro atoms. The molecule has 0 aliphatic heterocycles. The van der Waals surface area contributed by atoms with Crippen molar-refractivity contribution < 1.29 is 14.8 Å². The third-order valence-electron chi connectivity index (χ3n) is 3.64. The maximum atomic E-state index is 11.0. The molecular formula is C12H17N3O4. The van der Waals surface area contributed by atoms with E-state index in [1.807, 2.05) is 0 Å². The van der Waals surface area contributed by atoms with Crippen LogP contribution in [0.1, 0.15) is 49.6 Å². The molecule has 0 radical (unpaired) electrons. The maximum Gasteiger partial charge on any atom is 0.363 e. The number of aromatic carboxylic acids is 1. The summed E-state index contributed by atoms with van der Waals surface area (Å²) in [5.74, 6) is -0.321. The molecule has 1 aromatic rings. The van der Waals surface area contributed by atoms with Gasteiger partial charge in [0, 0.05) is 0 Å². The van der Waals surface area contributed by atoms with Crippen LogP contribution in [0.2, 0.25) is 0 Å². The quantitative estimate of drug-likeness (QED) is 0.670. The average molecular weight is 267 g/mol. The molecule has 2 unspecified atom stereocenters. The van der Waals surface area contributed by atoms with Crippen LogP contribution < -0.4 is 0 Å². The highest BCUT2D eigenvalue weighted by atomic mass is 16.6. The van der Waals surface area contributed by atoms with Crippen molar-refractivity contribution in [3.63, 3.8) is 0 Å². The van der Waals surface area contributed by atoms with Crippen molar-refractivity contribution >= 4 is 11.7 Å². The molecule has 1 N–H and O–H groups in total. The molecule has 7 nitrogen and oxygen atoms in total. The Hall–Kier alpha value is -1.92. The lowest BCUT2D eigenvalue weighted by molar-refractivity contribution is -0.385. The molecule has 0 amide bonds. The summed E-state index contributed by atoms with van der Waals surface area (Å²) in [6, 6.07) is 0.0468. The number of hydrogen-bond acceptors (Lipinski definition) is 4. The third kappa shape index (κ3) is 2.74. The van der Waals surface area contributed by atoms with E-state index in [2.05, 4.69) is 18.9 Å². The van der Waals surface area contributed by atoms with Crippen molar-refractivity contribution in [1.29, 1.82) is 0 Å². The van der Waals surface area contributed by atoms with Crippen LogP contribution in [0.5, 0.6) is 0 Å². The van der Waals surface area contributed by atoms with Gasteiger partial charge in [-0.3, -0.25) is 14.8 Å². The molecule has 1 heterocycles. The molecule has 0 bridgehead atoms. The van der Waals surface area contributed by atoms with Crippen LogP contribution in [-0.4, -0.2) is 25.8 Å². The molecule has 2 rings (SSSR count). The van der Waals surface area contributed by atoms with Gasteiger partial charge in [-0.1, -0.05) is 13.8 Å². The fourth-order valence-corrected chi connectivity index (χ4v) is 2.98. The Kier molecular flexibility index (Phi) is 3.55. The molecule has 2 atom stereocenters. The zero-order valence-electron chi connectivity index (χ0n) is 10.9. The first-order valence-corrected chi connectivity index (χ1v) is 6.35. The Balaban J connectivity index is 2.32. The zero-order valence-corrected chi connectivity index (χ0v) is 10.9. The highest BCUT2D eigenvalue weighted by molar-refractivity contribution is 5.89. The van der Waals surface area contributed by atoms with E-state index in [-0.39, 0.29) is 6.04 Å². The van der Waals surface area contributed by atoms with Crippen molar-refractivity contribution in [3.8, 4) is 0 Å². The van der Waals surface area contributed by atoms with E-state index in [0.29, 0.717) is 11.8 Å². The Morgan fingerprint density at radius 2 is 2.00 bits per heavy atom. The average Bonchev–Trinajstić information content (AvgIpc) is 2.72. The van der Waals surface area contributed by atoms with Crippen LogP contribution in [0, 0.1) is 22.0 Å². The van der Waals surface area contributed by atoms with Crippen LogP contribution in [0.25, 0.3) is 0 Å². The summed E-state index contributed by atoms with van der Waals surface area (Å²) in [4.78, 5) is 21.1. The molecule has 104 valence electrons. The van der Waals surface area contributed by atoms with Gasteiger partial charge in [-0.05, 0) is 31.1 Å². The lowest BCUT2D eigenvalue weighted by Gasteiger charge is -2.31. The van der Waals surface area contributed by atoms with Crippen LogP contribution in [0.4, 0.5) is 5.69 Å². The van der Waals surface area contributed by atoms with Gasteiger partial charge in [0.05, 0.1) is 11.0 Å². The van der Waals surface area contributed by atoms with Crippen molar-refractivity contribution in [2.75, 3.05) is 0 Å². The van der Waals surface area contributed by atoms with Gasteiger partial charge in [-0.25, -0.2) is 4.79 Å². The second-order valence-electron chi connectivity index (χ2n) is 5.48. The van der Waals surface area contributed by atoms with Crippen molar-refractivity contribution in [3.05, 3.63) is 22.0 Å². The molecule has 1 aromatic heterocycles. The Labute approximate surface area is 110 Å². The smallest absolute Gasteiger partial charge is 0.363 e. The zero-order chi connectivity index (χ0) is 14.2.